The predicted octanol–water partition coefficient (Wildman–Crippen LogP) is 1.30. The largest absolute Gasteiger partial charge is 0.396 e. The van der Waals surface area contributed by atoms with Gasteiger partial charge in [-0.1, -0.05) is 12.8 Å². The molecule has 2 rings (SSSR count). The summed E-state index contributed by atoms with van der Waals surface area (Å²) in [5, 5.41) is 19.3. The Bertz CT molecular complexity index is 295. The van der Waals surface area contributed by atoms with Crippen molar-refractivity contribution in [3.05, 3.63) is 0 Å². The Morgan fingerprint density at radius 3 is 2.89 bits per heavy atom. The number of hydrogen-bond donors (Lipinski definition) is 2. The van der Waals surface area contributed by atoms with Gasteiger partial charge in [-0.2, -0.15) is 0 Å². The van der Waals surface area contributed by atoms with Gasteiger partial charge in [0.15, 0.2) is 0 Å². The second kappa shape index (κ2) is 6.02. The van der Waals surface area contributed by atoms with Gasteiger partial charge >= 0.3 is 0 Å². The van der Waals surface area contributed by atoms with E-state index >= 15 is 0 Å². The van der Waals surface area contributed by atoms with Crippen LogP contribution in [0, 0.1) is 5.92 Å². The van der Waals surface area contributed by atoms with E-state index in [0.29, 0.717) is 19.4 Å². The Morgan fingerprint density at radius 2 is 2.11 bits per heavy atom. The Morgan fingerprint density at radius 1 is 1.28 bits per heavy atom. The SMILES string of the molecule is O=C(CCCCO)N1CCC2(O)CCCCC2C1. The van der Waals surface area contributed by atoms with Crippen molar-refractivity contribution in [2.75, 3.05) is 19.7 Å². The normalized spacial score (nSPS) is 32.1. The molecule has 2 N–H and O–H groups in total. The minimum Gasteiger partial charge on any atom is -0.396 e. The van der Waals surface area contributed by atoms with E-state index < -0.39 is 5.60 Å². The van der Waals surface area contributed by atoms with Crippen LogP contribution >= 0.6 is 0 Å². The summed E-state index contributed by atoms with van der Waals surface area (Å²) >= 11 is 0. The molecule has 1 saturated carbocycles. The molecule has 1 heterocycles. The van der Waals surface area contributed by atoms with Crippen LogP contribution in [0.2, 0.25) is 0 Å². The number of carbonyl (C=O) groups excluding carboxylic acids is 1. The summed E-state index contributed by atoms with van der Waals surface area (Å²) in [6.07, 6.45) is 7.00. The number of carbonyl (C=O) groups is 1. The Kier molecular flexibility index (Phi) is 4.62. The zero-order chi connectivity index (χ0) is 13.0. The number of nitrogens with zero attached hydrogens (tertiary/aromatic N) is 1. The molecule has 0 aromatic rings. The molecule has 0 radical (unpaired) electrons. The van der Waals surface area contributed by atoms with Crippen molar-refractivity contribution in [2.24, 2.45) is 5.92 Å². The van der Waals surface area contributed by atoms with Gasteiger partial charge in [-0.25, -0.2) is 0 Å². The number of aliphatic hydroxyl groups excluding tert-OH is 1. The first-order valence-corrected chi connectivity index (χ1v) is 7.27. The van der Waals surface area contributed by atoms with Crippen LogP contribution in [0.1, 0.15) is 51.4 Å². The van der Waals surface area contributed by atoms with E-state index in [4.69, 9.17) is 5.11 Å². The van der Waals surface area contributed by atoms with E-state index in [1.807, 2.05) is 4.90 Å². The lowest BCUT2D eigenvalue weighted by molar-refractivity contribution is -0.143. The highest BCUT2D eigenvalue weighted by molar-refractivity contribution is 5.76. The number of likely N-dealkylation sites (tertiary alicyclic amines) is 1. The molecule has 4 heteroatoms. The number of fused-ring (bicyclic) bond motifs is 1. The van der Waals surface area contributed by atoms with Crippen molar-refractivity contribution >= 4 is 5.91 Å². The summed E-state index contributed by atoms with van der Waals surface area (Å²) in [5.74, 6) is 0.470. The zero-order valence-corrected chi connectivity index (χ0v) is 11.1. The Balaban J connectivity index is 1.84. The molecule has 0 aromatic carbocycles. The third-order valence-electron chi connectivity index (χ3n) is 4.58. The average molecular weight is 255 g/mol. The van der Waals surface area contributed by atoms with Crippen molar-refractivity contribution in [3.8, 4) is 0 Å². The second-order valence-electron chi connectivity index (χ2n) is 5.82. The summed E-state index contributed by atoms with van der Waals surface area (Å²) in [7, 11) is 0. The molecular formula is C14H25NO3. The topological polar surface area (TPSA) is 60.8 Å². The van der Waals surface area contributed by atoms with Crippen molar-refractivity contribution in [1.82, 2.24) is 4.90 Å². The van der Waals surface area contributed by atoms with Crippen LogP contribution in [0.3, 0.4) is 0 Å². The van der Waals surface area contributed by atoms with Crippen LogP contribution in [-0.2, 0) is 4.79 Å². The number of rotatable bonds is 4. The predicted molar refractivity (Wildman–Crippen MR) is 69.0 cm³/mol. The van der Waals surface area contributed by atoms with E-state index in [-0.39, 0.29) is 18.4 Å². The number of aliphatic hydroxyl groups is 2. The van der Waals surface area contributed by atoms with Crippen LogP contribution in [0.5, 0.6) is 0 Å². The number of unbranched alkanes of at least 4 members (excludes halogenated alkanes) is 1. The lowest BCUT2D eigenvalue weighted by atomic mass is 9.71. The van der Waals surface area contributed by atoms with E-state index in [9.17, 15) is 9.90 Å². The molecule has 104 valence electrons. The molecule has 2 atom stereocenters. The van der Waals surface area contributed by atoms with Crippen LogP contribution in [0.25, 0.3) is 0 Å². The Hall–Kier alpha value is -0.610. The van der Waals surface area contributed by atoms with E-state index in [1.54, 1.807) is 0 Å². The first-order chi connectivity index (χ1) is 8.65. The highest BCUT2D eigenvalue weighted by Crippen LogP contribution is 2.39. The first kappa shape index (κ1) is 13.8. The molecule has 1 amide bonds. The standard InChI is InChI=1S/C14H25NO3/c16-10-4-2-6-13(17)15-9-8-14(18)7-3-1-5-12(14)11-15/h12,16,18H,1-11H2. The zero-order valence-electron chi connectivity index (χ0n) is 11.1. The summed E-state index contributed by atoms with van der Waals surface area (Å²) in [6, 6.07) is 0. The maximum Gasteiger partial charge on any atom is 0.222 e. The monoisotopic (exact) mass is 255 g/mol. The van der Waals surface area contributed by atoms with Gasteiger partial charge in [-0.3, -0.25) is 4.79 Å². The van der Waals surface area contributed by atoms with Gasteiger partial charge in [0.2, 0.25) is 5.91 Å². The summed E-state index contributed by atoms with van der Waals surface area (Å²) in [6.45, 7) is 1.59. The molecule has 1 aliphatic heterocycles. The number of piperidine rings is 1. The van der Waals surface area contributed by atoms with Crippen LogP contribution in [0.15, 0.2) is 0 Å². The fourth-order valence-corrected chi connectivity index (χ4v) is 3.34. The molecule has 2 unspecified atom stereocenters. The Labute approximate surface area is 109 Å². The maximum absolute atomic E-state index is 12.0. The lowest BCUT2D eigenvalue weighted by Crippen LogP contribution is -2.54. The summed E-state index contributed by atoms with van der Waals surface area (Å²) in [4.78, 5) is 13.9. The van der Waals surface area contributed by atoms with Gasteiger partial charge in [0, 0.05) is 32.0 Å². The van der Waals surface area contributed by atoms with Crippen LogP contribution in [0.4, 0.5) is 0 Å². The minimum absolute atomic E-state index is 0.162. The fourth-order valence-electron chi connectivity index (χ4n) is 3.34. The molecule has 2 aliphatic rings. The summed E-state index contributed by atoms with van der Waals surface area (Å²) in [5.41, 5.74) is -0.500. The molecule has 1 saturated heterocycles. The van der Waals surface area contributed by atoms with E-state index in [2.05, 4.69) is 0 Å². The minimum atomic E-state index is -0.500. The summed E-state index contributed by atoms with van der Waals surface area (Å²) < 4.78 is 0. The van der Waals surface area contributed by atoms with Crippen LogP contribution in [-0.4, -0.2) is 46.3 Å². The maximum atomic E-state index is 12.0. The number of amides is 1. The molecule has 2 fully saturated rings. The van der Waals surface area contributed by atoms with Crippen molar-refractivity contribution < 1.29 is 15.0 Å². The highest BCUT2D eigenvalue weighted by Gasteiger charge is 2.43. The lowest BCUT2D eigenvalue weighted by Gasteiger charge is -2.47. The third-order valence-corrected chi connectivity index (χ3v) is 4.58. The van der Waals surface area contributed by atoms with E-state index in [0.717, 1.165) is 38.6 Å². The second-order valence-corrected chi connectivity index (χ2v) is 5.82. The molecule has 0 spiro atoms. The first-order valence-electron chi connectivity index (χ1n) is 7.27. The van der Waals surface area contributed by atoms with Gasteiger partial charge in [-0.15, -0.1) is 0 Å². The quantitative estimate of drug-likeness (QED) is 0.744. The van der Waals surface area contributed by atoms with Crippen LogP contribution < -0.4 is 0 Å². The van der Waals surface area contributed by atoms with Gasteiger partial charge in [0.1, 0.15) is 0 Å². The smallest absolute Gasteiger partial charge is 0.222 e. The van der Waals surface area contributed by atoms with Gasteiger partial charge in [-0.05, 0) is 32.1 Å². The van der Waals surface area contributed by atoms with Crippen molar-refractivity contribution in [1.29, 1.82) is 0 Å². The van der Waals surface area contributed by atoms with Gasteiger partial charge < -0.3 is 15.1 Å². The molecule has 1 aliphatic carbocycles. The van der Waals surface area contributed by atoms with Gasteiger partial charge in [0.05, 0.1) is 5.60 Å². The average Bonchev–Trinajstić information content (AvgIpc) is 2.37. The van der Waals surface area contributed by atoms with Gasteiger partial charge in [0.25, 0.3) is 0 Å². The molecule has 0 bridgehead atoms. The molecular weight excluding hydrogens is 230 g/mol. The van der Waals surface area contributed by atoms with Crippen molar-refractivity contribution in [2.45, 2.75) is 57.0 Å². The molecule has 0 aromatic heterocycles. The fraction of sp³-hybridized carbons (Fsp3) is 0.929. The van der Waals surface area contributed by atoms with Crippen molar-refractivity contribution in [3.63, 3.8) is 0 Å². The molecule has 18 heavy (non-hydrogen) atoms. The third kappa shape index (κ3) is 3.04. The highest BCUT2D eigenvalue weighted by atomic mass is 16.3. The van der Waals surface area contributed by atoms with E-state index in [1.165, 1.54) is 6.42 Å². The molecule has 4 nitrogen and oxygen atoms in total. The number of hydrogen-bond acceptors (Lipinski definition) is 3.